The lowest BCUT2D eigenvalue weighted by Gasteiger charge is -2.05. The Morgan fingerprint density at radius 1 is 1.83 bits per heavy atom. The molecule has 0 saturated carbocycles. The van der Waals surface area contributed by atoms with Crippen LogP contribution in [0.1, 0.15) is 17.9 Å². The van der Waals surface area contributed by atoms with Crippen LogP contribution < -0.4 is 0 Å². The Balaban J connectivity index is 2.72. The minimum absolute atomic E-state index is 0.435. The van der Waals surface area contributed by atoms with Crippen LogP contribution in [0.3, 0.4) is 0 Å². The number of thiophene rings is 1. The van der Waals surface area contributed by atoms with Gasteiger partial charge in [0.2, 0.25) is 6.10 Å². The summed E-state index contributed by atoms with van der Waals surface area (Å²) >= 11 is 1.40. The molecule has 0 aliphatic heterocycles. The Hall–Kier alpha value is -1.34. The summed E-state index contributed by atoms with van der Waals surface area (Å²) in [5.74, 6) is -0.435. The molecule has 0 aliphatic carbocycles. The predicted octanol–water partition coefficient (Wildman–Crippen LogP) is 1.88. The molecule has 12 heavy (non-hydrogen) atoms. The summed E-state index contributed by atoms with van der Waals surface area (Å²) in [6.45, 7) is 1.29. The van der Waals surface area contributed by atoms with Gasteiger partial charge in [-0.3, -0.25) is 4.79 Å². The summed E-state index contributed by atoms with van der Waals surface area (Å²) in [4.78, 5) is 11.3. The standard InChI is InChI=1S/C8H7NO2S/c1-6(10)11-7(5-9)8-3-2-4-12-8/h2-4,7H,1H3. The largest absolute Gasteiger partial charge is 0.441 e. The molecule has 0 aliphatic rings. The van der Waals surface area contributed by atoms with Crippen LogP contribution in [-0.2, 0) is 9.53 Å². The number of carbonyl (C=O) groups is 1. The lowest BCUT2D eigenvalue weighted by molar-refractivity contribution is -0.144. The zero-order chi connectivity index (χ0) is 8.97. The van der Waals surface area contributed by atoms with Crippen molar-refractivity contribution >= 4 is 17.3 Å². The van der Waals surface area contributed by atoms with E-state index < -0.39 is 12.1 Å². The highest BCUT2D eigenvalue weighted by Crippen LogP contribution is 2.21. The van der Waals surface area contributed by atoms with Crippen molar-refractivity contribution in [2.24, 2.45) is 0 Å². The Kier molecular flexibility index (Phi) is 2.83. The van der Waals surface area contributed by atoms with E-state index in [1.807, 2.05) is 17.5 Å². The number of rotatable bonds is 2. The van der Waals surface area contributed by atoms with E-state index in [2.05, 4.69) is 0 Å². The normalized spacial score (nSPS) is 11.7. The molecule has 1 aromatic heterocycles. The lowest BCUT2D eigenvalue weighted by atomic mass is 10.3. The SMILES string of the molecule is CC(=O)OC(C#N)c1cccs1. The maximum atomic E-state index is 10.5. The van der Waals surface area contributed by atoms with Gasteiger partial charge in [-0.1, -0.05) is 6.07 Å². The van der Waals surface area contributed by atoms with Crippen molar-refractivity contribution in [3.8, 4) is 6.07 Å². The van der Waals surface area contributed by atoms with Gasteiger partial charge in [-0.05, 0) is 11.4 Å². The molecule has 0 aromatic carbocycles. The Labute approximate surface area is 74.2 Å². The summed E-state index contributed by atoms with van der Waals surface area (Å²) < 4.78 is 4.75. The third kappa shape index (κ3) is 2.07. The molecule has 4 heteroatoms. The number of hydrogen-bond donors (Lipinski definition) is 0. The average Bonchev–Trinajstić information content (AvgIpc) is 2.51. The highest BCUT2D eigenvalue weighted by molar-refractivity contribution is 7.10. The Bertz CT molecular complexity index is 299. The van der Waals surface area contributed by atoms with Crippen LogP contribution in [0.15, 0.2) is 17.5 Å². The first-order valence-corrected chi connectivity index (χ1v) is 4.22. The Morgan fingerprint density at radius 3 is 3.00 bits per heavy atom. The molecule has 0 amide bonds. The first kappa shape index (κ1) is 8.75. The molecule has 0 N–H and O–H groups in total. The summed E-state index contributed by atoms with van der Waals surface area (Å²) in [6, 6.07) is 5.48. The topological polar surface area (TPSA) is 50.1 Å². The lowest BCUT2D eigenvalue weighted by Crippen LogP contribution is -2.04. The molecule has 1 aromatic rings. The predicted molar refractivity (Wildman–Crippen MR) is 44.4 cm³/mol. The molecule has 0 spiro atoms. The van der Waals surface area contributed by atoms with E-state index in [1.165, 1.54) is 18.3 Å². The van der Waals surface area contributed by atoms with Gasteiger partial charge in [0.25, 0.3) is 0 Å². The molecule has 0 radical (unpaired) electrons. The maximum absolute atomic E-state index is 10.5. The van der Waals surface area contributed by atoms with Crippen molar-refractivity contribution in [2.75, 3.05) is 0 Å². The number of nitrogens with zero attached hydrogens (tertiary/aromatic N) is 1. The molecule has 62 valence electrons. The van der Waals surface area contributed by atoms with Crippen LogP contribution in [0.4, 0.5) is 0 Å². The maximum Gasteiger partial charge on any atom is 0.304 e. The summed E-state index contributed by atoms with van der Waals surface area (Å²) in [6.07, 6.45) is -0.748. The van der Waals surface area contributed by atoms with Crippen LogP contribution in [0.2, 0.25) is 0 Å². The van der Waals surface area contributed by atoms with Crippen LogP contribution in [0.25, 0.3) is 0 Å². The van der Waals surface area contributed by atoms with E-state index >= 15 is 0 Å². The monoisotopic (exact) mass is 181 g/mol. The van der Waals surface area contributed by atoms with E-state index in [4.69, 9.17) is 10.00 Å². The minimum atomic E-state index is -0.748. The van der Waals surface area contributed by atoms with E-state index in [9.17, 15) is 4.79 Å². The van der Waals surface area contributed by atoms with Gasteiger partial charge < -0.3 is 4.74 Å². The van der Waals surface area contributed by atoms with E-state index in [0.717, 1.165) is 4.88 Å². The van der Waals surface area contributed by atoms with Crippen molar-refractivity contribution in [2.45, 2.75) is 13.0 Å². The minimum Gasteiger partial charge on any atom is -0.441 e. The molecule has 1 atom stereocenters. The fraction of sp³-hybridized carbons (Fsp3) is 0.250. The average molecular weight is 181 g/mol. The van der Waals surface area contributed by atoms with Crippen molar-refractivity contribution in [3.05, 3.63) is 22.4 Å². The molecular weight excluding hydrogens is 174 g/mol. The number of hydrogen-bond acceptors (Lipinski definition) is 4. The molecule has 3 nitrogen and oxygen atoms in total. The van der Waals surface area contributed by atoms with Gasteiger partial charge in [-0.2, -0.15) is 5.26 Å². The fourth-order valence-electron chi connectivity index (χ4n) is 0.754. The van der Waals surface area contributed by atoms with Gasteiger partial charge in [-0.25, -0.2) is 0 Å². The van der Waals surface area contributed by atoms with Gasteiger partial charge in [-0.15, -0.1) is 11.3 Å². The van der Waals surface area contributed by atoms with E-state index in [0.29, 0.717) is 0 Å². The second-order valence-electron chi connectivity index (χ2n) is 2.13. The first-order chi connectivity index (χ1) is 5.74. The van der Waals surface area contributed by atoms with Crippen LogP contribution >= 0.6 is 11.3 Å². The number of nitriles is 1. The van der Waals surface area contributed by atoms with E-state index in [1.54, 1.807) is 6.07 Å². The molecular formula is C8H7NO2S. The van der Waals surface area contributed by atoms with Gasteiger partial charge in [0.1, 0.15) is 6.07 Å². The highest BCUT2D eigenvalue weighted by atomic mass is 32.1. The first-order valence-electron chi connectivity index (χ1n) is 3.34. The molecule has 1 unspecified atom stereocenters. The van der Waals surface area contributed by atoms with Crippen molar-refractivity contribution in [1.82, 2.24) is 0 Å². The summed E-state index contributed by atoms with van der Waals surface area (Å²) in [5.41, 5.74) is 0. The molecule has 0 fully saturated rings. The third-order valence-electron chi connectivity index (χ3n) is 1.20. The molecule has 1 rings (SSSR count). The van der Waals surface area contributed by atoms with Crippen molar-refractivity contribution < 1.29 is 9.53 Å². The number of carbonyl (C=O) groups excluding carboxylic acids is 1. The quantitative estimate of drug-likeness (QED) is 0.654. The van der Waals surface area contributed by atoms with Crippen LogP contribution in [0.5, 0.6) is 0 Å². The van der Waals surface area contributed by atoms with Crippen LogP contribution in [-0.4, -0.2) is 5.97 Å². The third-order valence-corrected chi connectivity index (χ3v) is 2.12. The van der Waals surface area contributed by atoms with Gasteiger partial charge >= 0.3 is 5.97 Å². The zero-order valence-electron chi connectivity index (χ0n) is 6.48. The van der Waals surface area contributed by atoms with E-state index in [-0.39, 0.29) is 0 Å². The second kappa shape index (κ2) is 3.88. The van der Waals surface area contributed by atoms with Crippen LogP contribution in [0, 0.1) is 11.3 Å². The fourth-order valence-corrected chi connectivity index (χ4v) is 1.45. The zero-order valence-corrected chi connectivity index (χ0v) is 7.30. The van der Waals surface area contributed by atoms with Gasteiger partial charge in [0, 0.05) is 6.92 Å². The summed E-state index contributed by atoms with van der Waals surface area (Å²) in [7, 11) is 0. The molecule has 0 bridgehead atoms. The number of esters is 1. The smallest absolute Gasteiger partial charge is 0.304 e. The molecule has 0 saturated heterocycles. The highest BCUT2D eigenvalue weighted by Gasteiger charge is 2.13. The number of ether oxygens (including phenoxy) is 1. The second-order valence-corrected chi connectivity index (χ2v) is 3.11. The molecule has 1 heterocycles. The Morgan fingerprint density at radius 2 is 2.58 bits per heavy atom. The van der Waals surface area contributed by atoms with Crippen molar-refractivity contribution in [1.29, 1.82) is 5.26 Å². The van der Waals surface area contributed by atoms with Crippen molar-refractivity contribution in [3.63, 3.8) is 0 Å². The van der Waals surface area contributed by atoms with Gasteiger partial charge in [0.05, 0.1) is 4.88 Å². The van der Waals surface area contributed by atoms with Gasteiger partial charge in [0.15, 0.2) is 0 Å². The summed E-state index contributed by atoms with van der Waals surface area (Å²) in [5, 5.41) is 10.5.